The second-order valence-corrected chi connectivity index (χ2v) is 4.75. The van der Waals surface area contributed by atoms with Crippen molar-refractivity contribution in [2.45, 2.75) is 44.9 Å². The van der Waals surface area contributed by atoms with E-state index in [1.165, 1.54) is 12.1 Å². The van der Waals surface area contributed by atoms with Gasteiger partial charge in [0.15, 0.2) is 0 Å². The van der Waals surface area contributed by atoms with Crippen molar-refractivity contribution in [3.05, 3.63) is 35.4 Å². The van der Waals surface area contributed by atoms with Crippen molar-refractivity contribution < 1.29 is 18.0 Å². The maximum atomic E-state index is 12.4. The van der Waals surface area contributed by atoms with Gasteiger partial charge < -0.3 is 11.1 Å². The van der Waals surface area contributed by atoms with Gasteiger partial charge in [0, 0.05) is 0 Å². The van der Waals surface area contributed by atoms with Gasteiger partial charge >= 0.3 is 6.18 Å². The van der Waals surface area contributed by atoms with E-state index in [-0.39, 0.29) is 11.9 Å². The molecule has 0 saturated heterocycles. The summed E-state index contributed by atoms with van der Waals surface area (Å²) in [7, 11) is 0. The fourth-order valence-corrected chi connectivity index (χ4v) is 1.81. The number of nitrogens with two attached hydrogens (primary N) is 1. The molecule has 0 aromatic heterocycles. The zero-order chi connectivity index (χ0) is 15.3. The third kappa shape index (κ3) is 4.52. The monoisotopic (exact) mass is 288 g/mol. The minimum absolute atomic E-state index is 0.292. The lowest BCUT2D eigenvalue weighted by molar-refractivity contribution is -0.137. The van der Waals surface area contributed by atoms with Crippen LogP contribution in [-0.2, 0) is 11.0 Å². The highest BCUT2D eigenvalue weighted by atomic mass is 19.4. The highest BCUT2D eigenvalue weighted by Crippen LogP contribution is 2.29. The van der Waals surface area contributed by atoms with Crippen molar-refractivity contribution >= 4 is 5.91 Å². The first kappa shape index (κ1) is 16.5. The number of rotatable bonds is 5. The Morgan fingerprint density at radius 1 is 1.30 bits per heavy atom. The second-order valence-electron chi connectivity index (χ2n) is 4.75. The van der Waals surface area contributed by atoms with Crippen LogP contribution < -0.4 is 11.1 Å². The van der Waals surface area contributed by atoms with Crippen LogP contribution in [0.3, 0.4) is 0 Å². The van der Waals surface area contributed by atoms with Crippen molar-refractivity contribution in [1.29, 1.82) is 0 Å². The van der Waals surface area contributed by atoms with E-state index in [2.05, 4.69) is 5.32 Å². The molecule has 1 rings (SSSR count). The standard InChI is InChI=1S/C14H19F3N2O/c1-3-4-12(18)13(20)19-9(2)10-5-7-11(8-6-10)14(15,16)17/h5-9,12H,3-4,18H2,1-2H3,(H,19,20). The summed E-state index contributed by atoms with van der Waals surface area (Å²) in [6, 6.07) is 3.76. The third-order valence-corrected chi connectivity index (χ3v) is 3.03. The van der Waals surface area contributed by atoms with E-state index in [4.69, 9.17) is 5.73 Å². The van der Waals surface area contributed by atoms with E-state index in [0.717, 1.165) is 18.6 Å². The van der Waals surface area contributed by atoms with E-state index >= 15 is 0 Å². The highest BCUT2D eigenvalue weighted by molar-refractivity contribution is 5.81. The van der Waals surface area contributed by atoms with Gasteiger partial charge in [-0.1, -0.05) is 25.5 Å². The Kier molecular flexibility index (Phi) is 5.56. The number of benzene rings is 1. The fourth-order valence-electron chi connectivity index (χ4n) is 1.81. The Hall–Kier alpha value is -1.56. The molecular formula is C14H19F3N2O. The van der Waals surface area contributed by atoms with Crippen LogP contribution in [0.25, 0.3) is 0 Å². The average Bonchev–Trinajstić information content (AvgIpc) is 2.38. The molecule has 1 amide bonds. The molecule has 0 saturated carbocycles. The fraction of sp³-hybridized carbons (Fsp3) is 0.500. The van der Waals surface area contributed by atoms with Crippen LogP contribution in [0.1, 0.15) is 43.9 Å². The number of hydrogen-bond acceptors (Lipinski definition) is 2. The summed E-state index contributed by atoms with van der Waals surface area (Å²) in [6.45, 7) is 3.63. The van der Waals surface area contributed by atoms with E-state index < -0.39 is 17.8 Å². The van der Waals surface area contributed by atoms with Crippen LogP contribution in [0.4, 0.5) is 13.2 Å². The molecular weight excluding hydrogens is 269 g/mol. The molecule has 0 aliphatic rings. The van der Waals surface area contributed by atoms with Gasteiger partial charge in [-0.3, -0.25) is 4.79 Å². The van der Waals surface area contributed by atoms with Crippen molar-refractivity contribution in [3.63, 3.8) is 0 Å². The van der Waals surface area contributed by atoms with Crippen molar-refractivity contribution in [2.75, 3.05) is 0 Å². The van der Waals surface area contributed by atoms with E-state index in [1.807, 2.05) is 6.92 Å². The van der Waals surface area contributed by atoms with Gasteiger partial charge in [-0.05, 0) is 31.0 Å². The van der Waals surface area contributed by atoms with E-state index in [1.54, 1.807) is 6.92 Å². The number of alkyl halides is 3. The van der Waals surface area contributed by atoms with Gasteiger partial charge in [0.1, 0.15) is 0 Å². The zero-order valence-corrected chi connectivity index (χ0v) is 11.5. The summed E-state index contributed by atoms with van der Waals surface area (Å²) in [5.41, 5.74) is 5.57. The Bertz CT molecular complexity index is 443. The first-order valence-electron chi connectivity index (χ1n) is 6.48. The van der Waals surface area contributed by atoms with Gasteiger partial charge in [0.25, 0.3) is 0 Å². The maximum Gasteiger partial charge on any atom is 0.416 e. The van der Waals surface area contributed by atoms with Gasteiger partial charge in [-0.25, -0.2) is 0 Å². The number of nitrogens with one attached hydrogen (secondary N) is 1. The number of carbonyl (C=O) groups is 1. The van der Waals surface area contributed by atoms with Crippen molar-refractivity contribution in [1.82, 2.24) is 5.32 Å². The van der Waals surface area contributed by atoms with Gasteiger partial charge in [0.2, 0.25) is 5.91 Å². The minimum atomic E-state index is -4.35. The molecule has 0 bridgehead atoms. The molecule has 1 aromatic rings. The predicted octanol–water partition coefficient (Wildman–Crippen LogP) is 3.01. The molecule has 3 N–H and O–H groups in total. The Labute approximate surface area is 116 Å². The number of halogens is 3. The van der Waals surface area contributed by atoms with Gasteiger partial charge in [-0.15, -0.1) is 0 Å². The molecule has 0 radical (unpaired) electrons. The largest absolute Gasteiger partial charge is 0.416 e. The molecule has 0 aliphatic heterocycles. The lowest BCUT2D eigenvalue weighted by Crippen LogP contribution is -2.41. The molecule has 0 aliphatic carbocycles. The smallest absolute Gasteiger partial charge is 0.348 e. The Balaban J connectivity index is 2.69. The molecule has 3 nitrogen and oxygen atoms in total. The Morgan fingerprint density at radius 3 is 2.30 bits per heavy atom. The summed E-state index contributed by atoms with van der Waals surface area (Å²) in [6.07, 6.45) is -2.98. The summed E-state index contributed by atoms with van der Waals surface area (Å²) < 4.78 is 37.3. The van der Waals surface area contributed by atoms with Gasteiger partial charge in [-0.2, -0.15) is 13.2 Å². The quantitative estimate of drug-likeness (QED) is 0.875. The second kappa shape index (κ2) is 6.74. The van der Waals surface area contributed by atoms with Crippen LogP contribution in [-0.4, -0.2) is 11.9 Å². The first-order valence-corrected chi connectivity index (χ1v) is 6.48. The van der Waals surface area contributed by atoms with Crippen LogP contribution in [0, 0.1) is 0 Å². The molecule has 112 valence electrons. The molecule has 20 heavy (non-hydrogen) atoms. The Morgan fingerprint density at radius 2 is 1.85 bits per heavy atom. The maximum absolute atomic E-state index is 12.4. The predicted molar refractivity (Wildman–Crippen MR) is 70.9 cm³/mol. The summed E-state index contributed by atoms with van der Waals surface area (Å²) in [5.74, 6) is -0.292. The van der Waals surface area contributed by atoms with Crippen molar-refractivity contribution in [2.24, 2.45) is 5.73 Å². The molecule has 0 heterocycles. The molecule has 6 heteroatoms. The zero-order valence-electron chi connectivity index (χ0n) is 11.5. The number of hydrogen-bond donors (Lipinski definition) is 2. The first-order chi connectivity index (χ1) is 9.25. The summed E-state index contributed by atoms with van der Waals surface area (Å²) in [4.78, 5) is 11.7. The van der Waals surface area contributed by atoms with Gasteiger partial charge in [0.05, 0.1) is 17.6 Å². The molecule has 1 aromatic carbocycles. The lowest BCUT2D eigenvalue weighted by Gasteiger charge is -2.18. The summed E-state index contributed by atoms with van der Waals surface area (Å²) >= 11 is 0. The SMILES string of the molecule is CCCC(N)C(=O)NC(C)c1ccc(C(F)(F)F)cc1. The topological polar surface area (TPSA) is 55.1 Å². The lowest BCUT2D eigenvalue weighted by atomic mass is 10.0. The number of amides is 1. The van der Waals surface area contributed by atoms with E-state index in [0.29, 0.717) is 12.0 Å². The van der Waals surface area contributed by atoms with Crippen LogP contribution >= 0.6 is 0 Å². The third-order valence-electron chi connectivity index (χ3n) is 3.03. The van der Waals surface area contributed by atoms with Crippen LogP contribution in [0.5, 0.6) is 0 Å². The highest BCUT2D eigenvalue weighted by Gasteiger charge is 2.30. The van der Waals surface area contributed by atoms with Crippen LogP contribution in [0.15, 0.2) is 24.3 Å². The molecule has 0 spiro atoms. The summed E-state index contributed by atoms with van der Waals surface area (Å²) in [5, 5.41) is 2.69. The van der Waals surface area contributed by atoms with Crippen LogP contribution in [0.2, 0.25) is 0 Å². The molecule has 2 atom stereocenters. The van der Waals surface area contributed by atoms with Crippen molar-refractivity contribution in [3.8, 4) is 0 Å². The number of carbonyl (C=O) groups excluding carboxylic acids is 1. The molecule has 2 unspecified atom stereocenters. The average molecular weight is 288 g/mol. The minimum Gasteiger partial charge on any atom is -0.348 e. The van der Waals surface area contributed by atoms with E-state index in [9.17, 15) is 18.0 Å². The molecule has 0 fully saturated rings. The normalized spacial score (nSPS) is 14.7.